The SMILES string of the molecule is CS(=O)(=O)c1ccc(C(=O)Nc2ccc(CC#N)cc2)cc1. The fourth-order valence-electron chi connectivity index (χ4n) is 1.85. The number of carbonyl (C=O) groups excluding carboxylic acids is 1. The highest BCUT2D eigenvalue weighted by molar-refractivity contribution is 7.90. The molecule has 0 atom stereocenters. The van der Waals surface area contributed by atoms with Gasteiger partial charge < -0.3 is 5.32 Å². The first-order chi connectivity index (χ1) is 10.4. The topological polar surface area (TPSA) is 87.0 Å². The second-order valence-electron chi connectivity index (χ2n) is 4.78. The number of rotatable bonds is 4. The van der Waals surface area contributed by atoms with E-state index in [1.165, 1.54) is 24.3 Å². The molecule has 0 aliphatic rings. The molecule has 2 aromatic rings. The average Bonchev–Trinajstić information content (AvgIpc) is 2.49. The summed E-state index contributed by atoms with van der Waals surface area (Å²) in [6, 6.07) is 14.8. The molecule has 0 radical (unpaired) electrons. The summed E-state index contributed by atoms with van der Waals surface area (Å²) >= 11 is 0. The number of nitriles is 1. The van der Waals surface area contributed by atoms with Crippen molar-refractivity contribution in [2.24, 2.45) is 0 Å². The van der Waals surface area contributed by atoms with E-state index in [2.05, 4.69) is 11.4 Å². The van der Waals surface area contributed by atoms with Crippen molar-refractivity contribution in [2.75, 3.05) is 11.6 Å². The lowest BCUT2D eigenvalue weighted by Crippen LogP contribution is -2.12. The zero-order chi connectivity index (χ0) is 16.2. The number of nitrogens with zero attached hydrogens (tertiary/aromatic N) is 1. The molecule has 0 aromatic heterocycles. The smallest absolute Gasteiger partial charge is 0.255 e. The molecule has 22 heavy (non-hydrogen) atoms. The Balaban J connectivity index is 2.10. The largest absolute Gasteiger partial charge is 0.322 e. The van der Waals surface area contributed by atoms with E-state index >= 15 is 0 Å². The van der Waals surface area contributed by atoms with Crippen molar-refractivity contribution in [3.8, 4) is 6.07 Å². The Labute approximate surface area is 129 Å². The summed E-state index contributed by atoms with van der Waals surface area (Å²) < 4.78 is 22.7. The zero-order valence-electron chi connectivity index (χ0n) is 11.9. The predicted octanol–water partition coefficient (Wildman–Crippen LogP) is 2.41. The summed E-state index contributed by atoms with van der Waals surface area (Å²) in [5, 5.41) is 11.3. The highest BCUT2D eigenvalue weighted by Gasteiger charge is 2.10. The normalized spacial score (nSPS) is 10.7. The van der Waals surface area contributed by atoms with Gasteiger partial charge in [-0.1, -0.05) is 12.1 Å². The Morgan fingerprint density at radius 1 is 1.09 bits per heavy atom. The number of carbonyl (C=O) groups is 1. The summed E-state index contributed by atoms with van der Waals surface area (Å²) in [7, 11) is -3.27. The van der Waals surface area contributed by atoms with Crippen molar-refractivity contribution in [3.05, 3.63) is 59.7 Å². The molecule has 0 aliphatic heterocycles. The van der Waals surface area contributed by atoms with E-state index in [4.69, 9.17) is 5.26 Å². The Hall–Kier alpha value is -2.65. The van der Waals surface area contributed by atoms with Gasteiger partial charge in [0.05, 0.1) is 17.4 Å². The second-order valence-corrected chi connectivity index (χ2v) is 6.80. The van der Waals surface area contributed by atoms with Crippen LogP contribution in [-0.2, 0) is 16.3 Å². The molecule has 0 bridgehead atoms. The van der Waals surface area contributed by atoms with Crippen molar-refractivity contribution in [1.29, 1.82) is 5.26 Å². The van der Waals surface area contributed by atoms with E-state index in [1.807, 2.05) is 0 Å². The molecule has 0 unspecified atom stereocenters. The maximum Gasteiger partial charge on any atom is 0.255 e. The van der Waals surface area contributed by atoms with Crippen LogP contribution >= 0.6 is 0 Å². The number of hydrogen-bond acceptors (Lipinski definition) is 4. The highest BCUT2D eigenvalue weighted by Crippen LogP contribution is 2.14. The van der Waals surface area contributed by atoms with Crippen LogP contribution < -0.4 is 5.32 Å². The lowest BCUT2D eigenvalue weighted by atomic mass is 10.1. The molecular weight excluding hydrogens is 300 g/mol. The van der Waals surface area contributed by atoms with Crippen molar-refractivity contribution < 1.29 is 13.2 Å². The number of amides is 1. The molecule has 0 aliphatic carbocycles. The van der Waals surface area contributed by atoms with Crippen LogP contribution in [0.4, 0.5) is 5.69 Å². The van der Waals surface area contributed by atoms with Crippen LogP contribution in [0, 0.1) is 11.3 Å². The average molecular weight is 314 g/mol. The molecule has 0 fully saturated rings. The van der Waals surface area contributed by atoms with Crippen molar-refractivity contribution in [1.82, 2.24) is 0 Å². The minimum atomic E-state index is -3.27. The van der Waals surface area contributed by atoms with E-state index in [9.17, 15) is 13.2 Å². The molecule has 1 N–H and O–H groups in total. The third kappa shape index (κ3) is 3.93. The summed E-state index contributed by atoms with van der Waals surface area (Å²) in [4.78, 5) is 12.2. The minimum absolute atomic E-state index is 0.171. The fraction of sp³-hybridized carbons (Fsp3) is 0.125. The molecule has 5 nitrogen and oxygen atoms in total. The second kappa shape index (κ2) is 6.41. The van der Waals surface area contributed by atoms with E-state index in [0.29, 0.717) is 17.7 Å². The van der Waals surface area contributed by atoms with Gasteiger partial charge in [-0.15, -0.1) is 0 Å². The molecule has 0 saturated heterocycles. The number of nitrogens with one attached hydrogen (secondary N) is 1. The third-order valence-electron chi connectivity index (χ3n) is 3.04. The maximum atomic E-state index is 12.1. The predicted molar refractivity (Wildman–Crippen MR) is 83.3 cm³/mol. The summed E-state index contributed by atoms with van der Waals surface area (Å²) in [5.41, 5.74) is 1.85. The number of benzene rings is 2. The fourth-order valence-corrected chi connectivity index (χ4v) is 2.48. The van der Waals surface area contributed by atoms with E-state index in [-0.39, 0.29) is 10.8 Å². The zero-order valence-corrected chi connectivity index (χ0v) is 12.7. The molecule has 112 valence electrons. The Morgan fingerprint density at radius 2 is 1.68 bits per heavy atom. The van der Waals surface area contributed by atoms with E-state index < -0.39 is 9.84 Å². The van der Waals surface area contributed by atoms with Crippen LogP contribution in [0.2, 0.25) is 0 Å². The van der Waals surface area contributed by atoms with Crippen LogP contribution in [0.1, 0.15) is 15.9 Å². The molecular formula is C16H14N2O3S. The number of anilines is 1. The van der Waals surface area contributed by atoms with Gasteiger partial charge in [0, 0.05) is 17.5 Å². The van der Waals surface area contributed by atoms with Crippen LogP contribution in [0.25, 0.3) is 0 Å². The Kier molecular flexibility index (Phi) is 4.59. The van der Waals surface area contributed by atoms with Crippen molar-refractivity contribution in [3.63, 3.8) is 0 Å². The van der Waals surface area contributed by atoms with Gasteiger partial charge in [0.2, 0.25) is 0 Å². The van der Waals surface area contributed by atoms with Crippen molar-refractivity contribution in [2.45, 2.75) is 11.3 Å². The molecule has 2 rings (SSSR count). The number of hydrogen-bond donors (Lipinski definition) is 1. The quantitative estimate of drug-likeness (QED) is 0.938. The van der Waals surface area contributed by atoms with Crippen LogP contribution in [0.5, 0.6) is 0 Å². The first-order valence-electron chi connectivity index (χ1n) is 6.47. The van der Waals surface area contributed by atoms with Gasteiger partial charge in [0.25, 0.3) is 5.91 Å². The molecule has 0 heterocycles. The number of sulfone groups is 1. The van der Waals surface area contributed by atoms with Gasteiger partial charge >= 0.3 is 0 Å². The van der Waals surface area contributed by atoms with Gasteiger partial charge in [0.1, 0.15) is 0 Å². The molecule has 1 amide bonds. The first kappa shape index (κ1) is 15.7. The lowest BCUT2D eigenvalue weighted by molar-refractivity contribution is 0.102. The van der Waals surface area contributed by atoms with Gasteiger partial charge in [-0.05, 0) is 42.0 Å². The molecule has 2 aromatic carbocycles. The maximum absolute atomic E-state index is 12.1. The van der Waals surface area contributed by atoms with Crippen molar-refractivity contribution >= 4 is 21.4 Å². The molecule has 0 saturated carbocycles. The van der Waals surface area contributed by atoms with Gasteiger partial charge in [0.15, 0.2) is 9.84 Å². The van der Waals surface area contributed by atoms with E-state index in [1.54, 1.807) is 24.3 Å². The summed E-state index contributed by atoms with van der Waals surface area (Å²) in [6.45, 7) is 0. The van der Waals surface area contributed by atoms with Gasteiger partial charge in [-0.25, -0.2) is 8.42 Å². The highest BCUT2D eigenvalue weighted by atomic mass is 32.2. The summed E-state index contributed by atoms with van der Waals surface area (Å²) in [6.07, 6.45) is 1.44. The Bertz CT molecular complexity index is 817. The Morgan fingerprint density at radius 3 is 2.18 bits per heavy atom. The first-order valence-corrected chi connectivity index (χ1v) is 8.36. The third-order valence-corrected chi connectivity index (χ3v) is 4.17. The minimum Gasteiger partial charge on any atom is -0.322 e. The van der Waals surface area contributed by atoms with Crippen LogP contribution in [0.3, 0.4) is 0 Å². The molecule has 6 heteroatoms. The monoisotopic (exact) mass is 314 g/mol. The van der Waals surface area contributed by atoms with Crippen LogP contribution in [0.15, 0.2) is 53.4 Å². The summed E-state index contributed by atoms with van der Waals surface area (Å²) in [5.74, 6) is -0.326. The van der Waals surface area contributed by atoms with Gasteiger partial charge in [-0.3, -0.25) is 4.79 Å². The van der Waals surface area contributed by atoms with Gasteiger partial charge in [-0.2, -0.15) is 5.26 Å². The van der Waals surface area contributed by atoms with Crippen LogP contribution in [-0.4, -0.2) is 20.6 Å². The standard InChI is InChI=1S/C16H14N2O3S/c1-22(20,21)15-8-4-13(5-9-15)16(19)18-14-6-2-12(3-7-14)10-11-17/h2-9H,10H2,1H3,(H,18,19). The lowest BCUT2D eigenvalue weighted by Gasteiger charge is -2.06. The molecule has 0 spiro atoms. The van der Waals surface area contributed by atoms with E-state index in [0.717, 1.165) is 11.8 Å².